The number of nitrogens with zero attached hydrogens (tertiary/aromatic N) is 2. The van der Waals surface area contributed by atoms with Crippen LogP contribution in [0.3, 0.4) is 0 Å². The second-order valence-electron chi connectivity index (χ2n) is 8.30. The molecule has 210 valence electrons. The maximum Gasteiger partial charge on any atom is 0.301 e. The molecule has 5 N–H and O–H groups in total. The molecular formula is C27H28FN5O5S2. The van der Waals surface area contributed by atoms with E-state index in [2.05, 4.69) is 33.0 Å². The molecule has 4 rings (SSSR count). The molecular weight excluding hydrogens is 557 g/mol. The fraction of sp³-hybridized carbons (Fsp3) is 0.111. The van der Waals surface area contributed by atoms with Gasteiger partial charge in [0.2, 0.25) is 10.0 Å². The van der Waals surface area contributed by atoms with Crippen molar-refractivity contribution in [3.63, 3.8) is 0 Å². The molecule has 0 heterocycles. The van der Waals surface area contributed by atoms with Crippen LogP contribution in [0.2, 0.25) is 0 Å². The molecule has 0 amide bonds. The summed E-state index contributed by atoms with van der Waals surface area (Å²) in [5.74, 6) is 5.31. The average Bonchev–Trinajstić information content (AvgIpc) is 2.93. The first-order valence-electron chi connectivity index (χ1n) is 11.8. The lowest BCUT2D eigenvalue weighted by Crippen LogP contribution is -2.16. The van der Waals surface area contributed by atoms with Gasteiger partial charge >= 0.3 is 10.0 Å². The van der Waals surface area contributed by atoms with Crippen LogP contribution < -0.4 is 21.0 Å². The molecule has 0 fully saturated rings. The van der Waals surface area contributed by atoms with Crippen molar-refractivity contribution in [2.75, 3.05) is 6.54 Å². The van der Waals surface area contributed by atoms with E-state index in [0.29, 0.717) is 11.5 Å². The molecule has 4 aromatic carbocycles. The Balaban J connectivity index is 0.000000285. The number of nitrogens with two attached hydrogens (primary N) is 2. The summed E-state index contributed by atoms with van der Waals surface area (Å²) in [6.07, 6.45) is 0.927. The molecule has 0 aliphatic heterocycles. The Kier molecular flexibility index (Phi) is 10.8. The number of sulfonamides is 2. The molecule has 40 heavy (non-hydrogen) atoms. The molecule has 0 bridgehead atoms. The van der Waals surface area contributed by atoms with Crippen LogP contribution in [0.4, 0.5) is 4.39 Å². The Bertz CT molecular complexity index is 1600. The lowest BCUT2D eigenvalue weighted by Gasteiger charge is -2.08. The standard InChI is InChI=1S/C21H22N2O3S.C6H6FN3O2S/c22-27(24,25)21-12-10-20(11-13-21)26-19-8-6-17(7-9-19)14-15-23-16-18-4-2-1-3-5-18;7-5-1-3-6(4-2-5)13(11,12)10-9-8/h1-13,23H,14-16H2,(H2,22,24,25);1-4H,(H2,8,10). The third-order valence-corrected chi connectivity index (χ3v) is 7.45. The van der Waals surface area contributed by atoms with Crippen LogP contribution in [0.15, 0.2) is 123 Å². The predicted octanol–water partition coefficient (Wildman–Crippen LogP) is 4.30. The maximum atomic E-state index is 12.4. The Morgan fingerprint density at radius 1 is 0.725 bits per heavy atom. The van der Waals surface area contributed by atoms with E-state index in [1.807, 2.05) is 42.5 Å². The van der Waals surface area contributed by atoms with Crippen LogP contribution in [-0.2, 0) is 33.0 Å². The Labute approximate surface area is 232 Å². The molecule has 0 unspecified atom stereocenters. The number of hydrogen-bond acceptors (Lipinski definition) is 7. The van der Waals surface area contributed by atoms with Crippen molar-refractivity contribution in [3.05, 3.63) is 120 Å². The number of benzene rings is 4. The largest absolute Gasteiger partial charge is 0.457 e. The van der Waals surface area contributed by atoms with Crippen LogP contribution in [0.5, 0.6) is 11.5 Å². The van der Waals surface area contributed by atoms with Crippen LogP contribution in [0, 0.1) is 5.82 Å². The molecule has 4 aromatic rings. The summed E-state index contributed by atoms with van der Waals surface area (Å²) in [6.45, 7) is 1.75. The molecule has 10 nitrogen and oxygen atoms in total. The number of ether oxygens (including phenoxy) is 1. The molecule has 0 aliphatic rings. The van der Waals surface area contributed by atoms with Gasteiger partial charge in [0, 0.05) is 6.54 Å². The number of primary sulfonamides is 1. The van der Waals surface area contributed by atoms with Gasteiger partial charge in [-0.05, 0) is 89.3 Å². The zero-order chi connectivity index (χ0) is 29.0. The summed E-state index contributed by atoms with van der Waals surface area (Å²) < 4.78 is 65.6. The highest BCUT2D eigenvalue weighted by Crippen LogP contribution is 2.23. The number of rotatable bonds is 10. The van der Waals surface area contributed by atoms with E-state index < -0.39 is 25.9 Å². The van der Waals surface area contributed by atoms with E-state index >= 15 is 0 Å². The van der Waals surface area contributed by atoms with Crippen LogP contribution in [0.25, 0.3) is 0 Å². The van der Waals surface area contributed by atoms with Crippen LogP contribution >= 0.6 is 0 Å². The van der Waals surface area contributed by atoms with Gasteiger partial charge in [-0.25, -0.2) is 17.9 Å². The van der Waals surface area contributed by atoms with E-state index in [1.54, 1.807) is 12.1 Å². The molecule has 0 saturated heterocycles. The van der Waals surface area contributed by atoms with Gasteiger partial charge in [-0.1, -0.05) is 47.7 Å². The van der Waals surface area contributed by atoms with Crippen LogP contribution in [-0.4, -0.2) is 23.4 Å². The zero-order valence-electron chi connectivity index (χ0n) is 21.2. The van der Waals surface area contributed by atoms with Crippen molar-refractivity contribution in [1.29, 1.82) is 0 Å². The third kappa shape index (κ3) is 9.85. The first-order chi connectivity index (χ1) is 19.1. The molecule has 0 aromatic heterocycles. The minimum Gasteiger partial charge on any atom is -0.457 e. The van der Waals surface area contributed by atoms with Gasteiger partial charge in [0.15, 0.2) is 0 Å². The van der Waals surface area contributed by atoms with Crippen molar-refractivity contribution in [2.24, 2.45) is 20.7 Å². The lowest BCUT2D eigenvalue weighted by atomic mass is 10.1. The number of hydrogen-bond donors (Lipinski definition) is 3. The summed E-state index contributed by atoms with van der Waals surface area (Å²) in [5, 5.41) is 11.2. The quantitative estimate of drug-likeness (QED) is 0.108. The highest BCUT2D eigenvalue weighted by molar-refractivity contribution is 7.90. The van der Waals surface area contributed by atoms with Gasteiger partial charge in [-0.2, -0.15) is 8.42 Å². The van der Waals surface area contributed by atoms with Gasteiger partial charge in [0.25, 0.3) is 0 Å². The summed E-state index contributed by atoms with van der Waals surface area (Å²) in [7, 11) is -7.55. The average molecular weight is 586 g/mol. The summed E-state index contributed by atoms with van der Waals surface area (Å²) in [4.78, 5) is -0.0868. The highest BCUT2D eigenvalue weighted by atomic mass is 32.2. The fourth-order valence-electron chi connectivity index (χ4n) is 3.33. The summed E-state index contributed by atoms with van der Waals surface area (Å²) in [6, 6.07) is 28.4. The van der Waals surface area contributed by atoms with Gasteiger partial charge in [-0.3, -0.25) is 0 Å². The van der Waals surface area contributed by atoms with E-state index in [4.69, 9.17) is 9.88 Å². The normalized spacial score (nSPS) is 11.6. The number of halogens is 1. The molecule has 0 spiro atoms. The van der Waals surface area contributed by atoms with Crippen LogP contribution in [0.1, 0.15) is 11.1 Å². The van der Waals surface area contributed by atoms with Gasteiger partial charge in [0.1, 0.15) is 17.3 Å². The molecule has 13 heteroatoms. The molecule has 0 radical (unpaired) electrons. The van der Waals surface area contributed by atoms with Gasteiger partial charge < -0.3 is 15.9 Å². The smallest absolute Gasteiger partial charge is 0.301 e. The van der Waals surface area contributed by atoms with Gasteiger partial charge in [-0.15, -0.1) is 0 Å². The van der Waals surface area contributed by atoms with Crippen molar-refractivity contribution in [2.45, 2.75) is 22.8 Å². The van der Waals surface area contributed by atoms with E-state index in [0.717, 1.165) is 43.8 Å². The fourth-order valence-corrected chi connectivity index (χ4v) is 4.55. The second kappa shape index (κ2) is 14.3. The van der Waals surface area contributed by atoms with Crippen molar-refractivity contribution in [3.8, 4) is 11.5 Å². The molecule has 0 saturated carbocycles. The minimum absolute atomic E-state index is 0.0631. The topological polar surface area (TPSA) is 166 Å². The molecule has 0 atom stereocenters. The monoisotopic (exact) mass is 585 g/mol. The summed E-state index contributed by atoms with van der Waals surface area (Å²) in [5.41, 5.74) is 2.49. The first-order valence-corrected chi connectivity index (χ1v) is 14.8. The van der Waals surface area contributed by atoms with E-state index in [9.17, 15) is 21.2 Å². The van der Waals surface area contributed by atoms with Crippen molar-refractivity contribution in [1.82, 2.24) is 5.32 Å². The maximum absolute atomic E-state index is 12.4. The van der Waals surface area contributed by atoms with Crippen molar-refractivity contribution >= 4 is 20.0 Å². The Hall–Kier alpha value is -4.17. The second-order valence-corrected chi connectivity index (χ2v) is 11.4. The van der Waals surface area contributed by atoms with E-state index in [1.165, 1.54) is 23.3 Å². The van der Waals surface area contributed by atoms with E-state index in [-0.39, 0.29) is 9.79 Å². The zero-order valence-corrected chi connectivity index (χ0v) is 22.9. The summed E-state index contributed by atoms with van der Waals surface area (Å²) >= 11 is 0. The lowest BCUT2D eigenvalue weighted by molar-refractivity contribution is 0.482. The highest BCUT2D eigenvalue weighted by Gasteiger charge is 2.12. The molecule has 0 aliphatic carbocycles. The Morgan fingerprint density at radius 2 is 1.27 bits per heavy atom. The minimum atomic E-state index is -3.86. The number of nitrogens with one attached hydrogen (secondary N) is 1. The predicted molar refractivity (Wildman–Crippen MR) is 149 cm³/mol. The third-order valence-electron chi connectivity index (χ3n) is 5.34. The first kappa shape index (κ1) is 30.4. The Morgan fingerprint density at radius 3 is 1.82 bits per heavy atom. The van der Waals surface area contributed by atoms with Gasteiger partial charge in [0.05, 0.1) is 9.79 Å². The van der Waals surface area contributed by atoms with Crippen molar-refractivity contribution < 1.29 is 26.0 Å². The SMILES string of the molecule is NN=NS(=O)(=O)c1ccc(F)cc1.NS(=O)(=O)c1ccc(Oc2ccc(CCNCc3ccccc3)cc2)cc1.